The largest absolute Gasteiger partial charge is 0.507 e. The average Bonchev–Trinajstić information content (AvgIpc) is 2.68. The van der Waals surface area contributed by atoms with Gasteiger partial charge >= 0.3 is 11.6 Å². The normalized spacial score (nSPS) is 15.2. The van der Waals surface area contributed by atoms with E-state index in [4.69, 9.17) is 4.42 Å². The number of ether oxygens (including phenoxy) is 1. The highest BCUT2D eigenvalue weighted by molar-refractivity contribution is 5.87. The number of phenols is 1. The lowest BCUT2D eigenvalue weighted by Gasteiger charge is -2.23. The molecule has 0 saturated heterocycles. The summed E-state index contributed by atoms with van der Waals surface area (Å²) >= 11 is 0. The van der Waals surface area contributed by atoms with Crippen LogP contribution in [0, 0.1) is 13.8 Å². The van der Waals surface area contributed by atoms with Gasteiger partial charge < -0.3 is 19.6 Å². The number of carbonyl (C=O) groups is 1. The molecule has 1 heterocycles. The molecule has 1 saturated carbocycles. The predicted molar refractivity (Wildman–Crippen MR) is 103 cm³/mol. The lowest BCUT2D eigenvalue weighted by Crippen LogP contribution is -2.30. The highest BCUT2D eigenvalue weighted by Gasteiger charge is 2.20. The molecule has 0 spiro atoms. The fourth-order valence-corrected chi connectivity index (χ4v) is 3.86. The molecule has 0 radical (unpaired) electrons. The summed E-state index contributed by atoms with van der Waals surface area (Å²) in [5.74, 6) is -0.339. The third-order valence-electron chi connectivity index (χ3n) is 5.60. The Morgan fingerprint density at radius 1 is 1.26 bits per heavy atom. The first-order valence-corrected chi connectivity index (χ1v) is 9.50. The van der Waals surface area contributed by atoms with Crippen LogP contribution in [-0.2, 0) is 22.5 Å². The number of hydrogen-bond donors (Lipinski definition) is 2. The Labute approximate surface area is 158 Å². The molecule has 2 aromatic rings. The van der Waals surface area contributed by atoms with Gasteiger partial charge in [-0.15, -0.1) is 0 Å². The lowest BCUT2D eigenvalue weighted by atomic mass is 9.95. The highest BCUT2D eigenvalue weighted by Crippen LogP contribution is 2.33. The molecule has 1 aliphatic carbocycles. The Balaban J connectivity index is 1.99. The van der Waals surface area contributed by atoms with Gasteiger partial charge in [0.05, 0.1) is 19.1 Å². The van der Waals surface area contributed by atoms with Gasteiger partial charge in [0.25, 0.3) is 0 Å². The minimum absolute atomic E-state index is 0.129. The van der Waals surface area contributed by atoms with E-state index in [0.29, 0.717) is 34.9 Å². The topological polar surface area (TPSA) is 88.8 Å². The summed E-state index contributed by atoms with van der Waals surface area (Å²) in [7, 11) is 1.29. The minimum atomic E-state index is -0.569. The number of nitrogens with one attached hydrogen (secondary N) is 1. The quantitative estimate of drug-likeness (QED) is 0.618. The number of benzene rings is 1. The summed E-state index contributed by atoms with van der Waals surface area (Å²) in [4.78, 5) is 24.0. The van der Waals surface area contributed by atoms with Crippen molar-refractivity contribution in [3.63, 3.8) is 0 Å². The first-order chi connectivity index (χ1) is 12.9. The average molecular weight is 373 g/mol. The van der Waals surface area contributed by atoms with Gasteiger partial charge in [0.1, 0.15) is 11.3 Å². The second-order valence-corrected chi connectivity index (χ2v) is 7.35. The van der Waals surface area contributed by atoms with Crippen molar-refractivity contribution in [1.82, 2.24) is 5.32 Å². The van der Waals surface area contributed by atoms with Crippen LogP contribution in [0.2, 0.25) is 0 Å². The predicted octanol–water partition coefficient (Wildman–Crippen LogP) is 3.25. The second-order valence-electron chi connectivity index (χ2n) is 7.35. The molecule has 1 aliphatic rings. The molecule has 146 valence electrons. The van der Waals surface area contributed by atoms with Crippen LogP contribution in [-0.4, -0.2) is 24.2 Å². The second kappa shape index (κ2) is 8.13. The number of phenolic OH excluding ortho intramolecular Hbond substituents is 1. The number of carbonyl (C=O) groups excluding carboxylic acids is 1. The van der Waals surface area contributed by atoms with Crippen LogP contribution in [0.3, 0.4) is 0 Å². The van der Waals surface area contributed by atoms with E-state index in [1.807, 2.05) is 6.07 Å². The SMILES string of the molecule is COC(=O)Cc1c(C)c2cc(CNC3CCCCC3)c(O)c(C)c2oc1=O. The van der Waals surface area contributed by atoms with Crippen LogP contribution in [0.4, 0.5) is 0 Å². The Kier molecular flexibility index (Phi) is 5.85. The van der Waals surface area contributed by atoms with Crippen molar-refractivity contribution in [1.29, 1.82) is 0 Å². The minimum Gasteiger partial charge on any atom is -0.507 e. The van der Waals surface area contributed by atoms with Gasteiger partial charge in [0.15, 0.2) is 0 Å². The van der Waals surface area contributed by atoms with Gasteiger partial charge in [-0.2, -0.15) is 0 Å². The van der Waals surface area contributed by atoms with Crippen LogP contribution >= 0.6 is 0 Å². The number of rotatable bonds is 5. The number of fused-ring (bicyclic) bond motifs is 1. The summed E-state index contributed by atoms with van der Waals surface area (Å²) < 4.78 is 10.1. The van der Waals surface area contributed by atoms with Gasteiger partial charge in [0.2, 0.25) is 0 Å². The molecule has 0 amide bonds. The third-order valence-corrected chi connectivity index (χ3v) is 5.60. The molecular formula is C21H27NO5. The van der Waals surface area contributed by atoms with Crippen molar-refractivity contribution in [2.75, 3.05) is 7.11 Å². The Hall–Kier alpha value is -2.34. The van der Waals surface area contributed by atoms with E-state index in [1.54, 1.807) is 13.8 Å². The van der Waals surface area contributed by atoms with Crippen molar-refractivity contribution in [3.05, 3.63) is 38.7 Å². The van der Waals surface area contributed by atoms with Crippen molar-refractivity contribution < 1.29 is 19.1 Å². The number of methoxy groups -OCH3 is 1. The molecule has 1 aromatic carbocycles. The molecule has 0 unspecified atom stereocenters. The molecule has 1 fully saturated rings. The van der Waals surface area contributed by atoms with E-state index < -0.39 is 11.6 Å². The molecule has 0 bridgehead atoms. The molecule has 0 atom stereocenters. The van der Waals surface area contributed by atoms with Gasteiger partial charge in [-0.3, -0.25) is 4.79 Å². The number of esters is 1. The van der Waals surface area contributed by atoms with Crippen LogP contribution in [0.5, 0.6) is 5.75 Å². The summed E-state index contributed by atoms with van der Waals surface area (Å²) in [6, 6.07) is 2.32. The standard InChI is InChI=1S/C21H27NO5/c1-12-16-9-14(11-22-15-7-5-4-6-8-15)19(24)13(2)20(16)27-21(25)17(12)10-18(23)26-3/h9,15,22,24H,4-8,10-11H2,1-3H3. The zero-order valence-electron chi connectivity index (χ0n) is 16.2. The van der Waals surface area contributed by atoms with E-state index >= 15 is 0 Å². The molecule has 0 aliphatic heterocycles. The summed E-state index contributed by atoms with van der Waals surface area (Å²) in [5.41, 5.74) is 2.09. The van der Waals surface area contributed by atoms with Gasteiger partial charge in [-0.1, -0.05) is 19.3 Å². The third kappa shape index (κ3) is 4.00. The van der Waals surface area contributed by atoms with E-state index in [1.165, 1.54) is 26.4 Å². The highest BCUT2D eigenvalue weighted by atomic mass is 16.5. The Morgan fingerprint density at radius 3 is 2.63 bits per heavy atom. The first-order valence-electron chi connectivity index (χ1n) is 9.50. The van der Waals surface area contributed by atoms with E-state index in [9.17, 15) is 14.7 Å². The maximum Gasteiger partial charge on any atom is 0.340 e. The molecule has 6 heteroatoms. The fourth-order valence-electron chi connectivity index (χ4n) is 3.86. The summed E-state index contributed by atoms with van der Waals surface area (Å²) in [6.45, 7) is 4.09. The van der Waals surface area contributed by atoms with Crippen molar-refractivity contribution in [2.45, 2.75) is 65.0 Å². The van der Waals surface area contributed by atoms with Crippen LogP contribution in [0.25, 0.3) is 11.0 Å². The monoisotopic (exact) mass is 373 g/mol. The molecule has 2 N–H and O–H groups in total. The zero-order valence-corrected chi connectivity index (χ0v) is 16.2. The number of hydrogen-bond acceptors (Lipinski definition) is 6. The van der Waals surface area contributed by atoms with Crippen LogP contribution in [0.15, 0.2) is 15.3 Å². The van der Waals surface area contributed by atoms with E-state index in [0.717, 1.165) is 23.8 Å². The maximum absolute atomic E-state index is 12.3. The summed E-state index contributed by atoms with van der Waals surface area (Å²) in [6.07, 6.45) is 5.95. The molecule has 1 aromatic heterocycles. The van der Waals surface area contributed by atoms with Gasteiger partial charge in [-0.25, -0.2) is 4.79 Å². The molecule has 27 heavy (non-hydrogen) atoms. The molecule has 3 rings (SSSR count). The molecular weight excluding hydrogens is 346 g/mol. The van der Waals surface area contributed by atoms with Gasteiger partial charge in [0, 0.05) is 29.1 Å². The number of aromatic hydroxyl groups is 1. The number of aryl methyl sites for hydroxylation is 2. The Morgan fingerprint density at radius 2 is 1.96 bits per heavy atom. The fraction of sp³-hybridized carbons (Fsp3) is 0.524. The van der Waals surface area contributed by atoms with Crippen molar-refractivity contribution >= 4 is 16.9 Å². The van der Waals surface area contributed by atoms with Crippen LogP contribution in [0.1, 0.15) is 54.4 Å². The van der Waals surface area contributed by atoms with E-state index in [2.05, 4.69) is 10.1 Å². The van der Waals surface area contributed by atoms with Gasteiger partial charge in [-0.05, 0) is 38.3 Å². The smallest absolute Gasteiger partial charge is 0.340 e. The van der Waals surface area contributed by atoms with Crippen molar-refractivity contribution in [2.24, 2.45) is 0 Å². The van der Waals surface area contributed by atoms with Crippen LogP contribution < -0.4 is 10.9 Å². The zero-order chi connectivity index (χ0) is 19.6. The van der Waals surface area contributed by atoms with Crippen molar-refractivity contribution in [3.8, 4) is 5.75 Å². The first kappa shape index (κ1) is 19.4. The summed E-state index contributed by atoms with van der Waals surface area (Å²) in [5, 5.41) is 14.9. The van der Waals surface area contributed by atoms with E-state index in [-0.39, 0.29) is 12.2 Å². The molecule has 6 nitrogen and oxygen atoms in total. The maximum atomic E-state index is 12.3. The Bertz CT molecular complexity index is 909. The lowest BCUT2D eigenvalue weighted by molar-refractivity contribution is -0.139.